The number of nitrogens with one attached hydrogen (secondary N) is 1. The Morgan fingerprint density at radius 2 is 1.93 bits per heavy atom. The fourth-order valence-electron chi connectivity index (χ4n) is 3.22. The maximum absolute atomic E-state index is 12.3. The average Bonchev–Trinajstić information content (AvgIpc) is 3.43. The fourth-order valence-corrected chi connectivity index (χ4v) is 3.22. The van der Waals surface area contributed by atoms with Crippen molar-refractivity contribution in [3.8, 4) is 22.6 Å². The lowest BCUT2D eigenvalue weighted by molar-refractivity contribution is 0.0943. The Morgan fingerprint density at radius 3 is 2.68 bits per heavy atom. The fraction of sp³-hybridized carbons (Fsp3) is 0.190. The van der Waals surface area contributed by atoms with E-state index in [9.17, 15) is 4.79 Å². The topological polar surface area (TPSA) is 86.1 Å². The molecule has 0 unspecified atom stereocenters. The molecule has 142 valence electrons. The van der Waals surface area contributed by atoms with Crippen LogP contribution < -0.4 is 5.32 Å². The Kier molecular flexibility index (Phi) is 4.80. The Bertz CT molecular complexity index is 1080. The Hall–Kier alpha value is -3.61. The maximum Gasteiger partial charge on any atom is 0.273 e. The molecule has 28 heavy (non-hydrogen) atoms. The van der Waals surface area contributed by atoms with E-state index in [0.29, 0.717) is 24.6 Å². The minimum absolute atomic E-state index is 0.213. The standard InChI is InChI=1S/C21H20N4O3/c1-14-20(16-7-4-3-5-8-16)15(2)25(23-14)11-10-22-21(26)17-13-19(28-24-17)18-9-6-12-27-18/h3-9,12-13H,10-11H2,1-2H3,(H,22,26). The van der Waals surface area contributed by atoms with Gasteiger partial charge in [0.05, 0.1) is 18.5 Å². The number of amides is 1. The molecular weight excluding hydrogens is 356 g/mol. The van der Waals surface area contributed by atoms with Gasteiger partial charge >= 0.3 is 0 Å². The third-order valence-corrected chi connectivity index (χ3v) is 4.56. The highest BCUT2D eigenvalue weighted by Crippen LogP contribution is 2.26. The van der Waals surface area contributed by atoms with E-state index in [1.165, 1.54) is 6.26 Å². The molecule has 0 bridgehead atoms. The summed E-state index contributed by atoms with van der Waals surface area (Å²) in [6, 6.07) is 15.2. The van der Waals surface area contributed by atoms with Crippen LogP contribution in [0.1, 0.15) is 21.9 Å². The lowest BCUT2D eigenvalue weighted by atomic mass is 10.0. The Balaban J connectivity index is 1.40. The van der Waals surface area contributed by atoms with Crippen molar-refractivity contribution in [2.45, 2.75) is 20.4 Å². The van der Waals surface area contributed by atoms with Crippen molar-refractivity contribution in [2.75, 3.05) is 6.54 Å². The number of carbonyl (C=O) groups excluding carboxylic acids is 1. The summed E-state index contributed by atoms with van der Waals surface area (Å²) in [5, 5.41) is 11.3. The predicted octanol–water partition coefficient (Wildman–Crippen LogP) is 3.84. The van der Waals surface area contributed by atoms with E-state index in [-0.39, 0.29) is 11.6 Å². The van der Waals surface area contributed by atoms with Crippen molar-refractivity contribution in [1.82, 2.24) is 20.3 Å². The van der Waals surface area contributed by atoms with Gasteiger partial charge in [0, 0.05) is 23.9 Å². The molecule has 0 fully saturated rings. The average molecular weight is 376 g/mol. The van der Waals surface area contributed by atoms with Gasteiger partial charge in [-0.2, -0.15) is 5.10 Å². The molecule has 0 spiro atoms. The van der Waals surface area contributed by atoms with Gasteiger partial charge in [-0.15, -0.1) is 0 Å². The second-order valence-corrected chi connectivity index (χ2v) is 6.44. The third kappa shape index (κ3) is 3.46. The van der Waals surface area contributed by atoms with E-state index in [1.807, 2.05) is 36.7 Å². The molecule has 0 aliphatic heterocycles. The van der Waals surface area contributed by atoms with E-state index in [2.05, 4.69) is 27.7 Å². The highest BCUT2D eigenvalue weighted by atomic mass is 16.5. The van der Waals surface area contributed by atoms with Gasteiger partial charge in [0.15, 0.2) is 11.5 Å². The number of hydrogen-bond acceptors (Lipinski definition) is 5. The monoisotopic (exact) mass is 376 g/mol. The van der Waals surface area contributed by atoms with Crippen molar-refractivity contribution < 1.29 is 13.7 Å². The minimum Gasteiger partial charge on any atom is -0.461 e. The quantitative estimate of drug-likeness (QED) is 0.552. The molecular formula is C21H20N4O3. The molecule has 7 heteroatoms. The first-order chi connectivity index (χ1) is 13.6. The van der Waals surface area contributed by atoms with Gasteiger partial charge < -0.3 is 14.3 Å². The van der Waals surface area contributed by atoms with Crippen molar-refractivity contribution in [1.29, 1.82) is 0 Å². The van der Waals surface area contributed by atoms with Crippen LogP contribution in [0.5, 0.6) is 0 Å². The lowest BCUT2D eigenvalue weighted by Gasteiger charge is -2.06. The van der Waals surface area contributed by atoms with Gasteiger partial charge in [-0.3, -0.25) is 9.48 Å². The normalized spacial score (nSPS) is 10.9. The first-order valence-corrected chi connectivity index (χ1v) is 9.01. The third-order valence-electron chi connectivity index (χ3n) is 4.56. The number of furan rings is 1. The van der Waals surface area contributed by atoms with E-state index in [4.69, 9.17) is 8.94 Å². The van der Waals surface area contributed by atoms with Crippen molar-refractivity contribution >= 4 is 5.91 Å². The van der Waals surface area contributed by atoms with Crippen LogP contribution in [0.2, 0.25) is 0 Å². The molecule has 1 amide bonds. The molecule has 1 aromatic carbocycles. The van der Waals surface area contributed by atoms with Crippen LogP contribution >= 0.6 is 0 Å². The summed E-state index contributed by atoms with van der Waals surface area (Å²) in [6.45, 7) is 5.03. The lowest BCUT2D eigenvalue weighted by Crippen LogP contribution is -2.28. The number of carbonyl (C=O) groups is 1. The van der Waals surface area contributed by atoms with Crippen LogP contribution in [-0.4, -0.2) is 27.4 Å². The van der Waals surface area contributed by atoms with Gasteiger partial charge in [0.25, 0.3) is 5.91 Å². The summed E-state index contributed by atoms with van der Waals surface area (Å²) >= 11 is 0. The Morgan fingerprint density at radius 1 is 1.11 bits per heavy atom. The van der Waals surface area contributed by atoms with Gasteiger partial charge in [-0.25, -0.2) is 0 Å². The van der Waals surface area contributed by atoms with Crippen LogP contribution in [0, 0.1) is 13.8 Å². The number of aromatic nitrogens is 3. The van der Waals surface area contributed by atoms with E-state index >= 15 is 0 Å². The van der Waals surface area contributed by atoms with Crippen LogP contribution in [0.15, 0.2) is 63.7 Å². The number of rotatable bonds is 6. The summed E-state index contributed by atoms with van der Waals surface area (Å²) in [6.07, 6.45) is 1.54. The molecule has 0 saturated carbocycles. The molecule has 0 saturated heterocycles. The molecule has 3 aromatic heterocycles. The molecule has 4 aromatic rings. The number of aryl methyl sites for hydroxylation is 1. The minimum atomic E-state index is -0.300. The van der Waals surface area contributed by atoms with Gasteiger partial charge in [0.1, 0.15) is 0 Å². The SMILES string of the molecule is Cc1nn(CCNC(=O)c2cc(-c3ccco3)on2)c(C)c1-c1ccccc1. The summed E-state index contributed by atoms with van der Waals surface area (Å²) in [5.41, 5.74) is 4.52. The molecule has 0 aliphatic rings. The zero-order valence-electron chi connectivity index (χ0n) is 15.7. The number of hydrogen-bond donors (Lipinski definition) is 1. The first-order valence-electron chi connectivity index (χ1n) is 9.01. The second-order valence-electron chi connectivity index (χ2n) is 6.44. The summed E-state index contributed by atoms with van der Waals surface area (Å²) in [4.78, 5) is 12.3. The molecule has 0 atom stereocenters. The molecule has 0 aliphatic carbocycles. The van der Waals surface area contributed by atoms with Gasteiger partial charge in [-0.05, 0) is 31.5 Å². The van der Waals surface area contributed by atoms with E-state index in [1.54, 1.807) is 18.2 Å². The number of benzene rings is 1. The zero-order valence-corrected chi connectivity index (χ0v) is 15.7. The highest BCUT2D eigenvalue weighted by molar-refractivity contribution is 5.92. The maximum atomic E-state index is 12.3. The molecule has 0 radical (unpaired) electrons. The molecule has 4 rings (SSSR count). The van der Waals surface area contributed by atoms with Crippen molar-refractivity contribution in [3.05, 3.63) is 71.9 Å². The number of nitrogens with zero attached hydrogens (tertiary/aromatic N) is 3. The van der Waals surface area contributed by atoms with Crippen molar-refractivity contribution in [2.24, 2.45) is 0 Å². The summed E-state index contributed by atoms with van der Waals surface area (Å²) in [5.74, 6) is 0.648. The summed E-state index contributed by atoms with van der Waals surface area (Å²) in [7, 11) is 0. The van der Waals surface area contributed by atoms with E-state index in [0.717, 1.165) is 22.5 Å². The van der Waals surface area contributed by atoms with Crippen LogP contribution in [0.25, 0.3) is 22.6 Å². The molecule has 1 N–H and O–H groups in total. The molecule has 7 nitrogen and oxygen atoms in total. The smallest absolute Gasteiger partial charge is 0.273 e. The Labute approximate surface area is 162 Å². The second kappa shape index (κ2) is 7.56. The zero-order chi connectivity index (χ0) is 19.5. The summed E-state index contributed by atoms with van der Waals surface area (Å²) < 4.78 is 12.3. The van der Waals surface area contributed by atoms with Crippen molar-refractivity contribution in [3.63, 3.8) is 0 Å². The molecule has 3 heterocycles. The predicted molar refractivity (Wildman–Crippen MR) is 104 cm³/mol. The van der Waals surface area contributed by atoms with Crippen LogP contribution in [0.3, 0.4) is 0 Å². The van der Waals surface area contributed by atoms with Crippen LogP contribution in [-0.2, 0) is 6.54 Å². The largest absolute Gasteiger partial charge is 0.461 e. The van der Waals surface area contributed by atoms with E-state index < -0.39 is 0 Å². The van der Waals surface area contributed by atoms with Gasteiger partial charge in [-0.1, -0.05) is 35.5 Å². The highest BCUT2D eigenvalue weighted by Gasteiger charge is 2.16. The van der Waals surface area contributed by atoms with Gasteiger partial charge in [0.2, 0.25) is 5.76 Å². The first kappa shape index (κ1) is 17.8. The van der Waals surface area contributed by atoms with Crippen LogP contribution in [0.4, 0.5) is 0 Å².